The molecule has 2 aromatic heterocycles. The summed E-state index contributed by atoms with van der Waals surface area (Å²) in [6.45, 7) is 1.00. The van der Waals surface area contributed by atoms with Gasteiger partial charge in [0.25, 0.3) is 0 Å². The number of fused-ring (bicyclic) bond motifs is 2. The molecule has 122 valence electrons. The Morgan fingerprint density at radius 2 is 2.21 bits per heavy atom. The van der Waals surface area contributed by atoms with E-state index in [2.05, 4.69) is 4.98 Å². The van der Waals surface area contributed by atoms with Gasteiger partial charge in [-0.3, -0.25) is 9.59 Å². The molecule has 24 heavy (non-hydrogen) atoms. The molecule has 1 unspecified atom stereocenters. The summed E-state index contributed by atoms with van der Waals surface area (Å²) in [6, 6.07) is 6.70. The van der Waals surface area contributed by atoms with Crippen LogP contribution in [-0.2, 0) is 4.79 Å². The first-order chi connectivity index (χ1) is 11.5. The predicted octanol–water partition coefficient (Wildman–Crippen LogP) is 2.91. The number of carbonyl (C=O) groups is 1. The Morgan fingerprint density at radius 3 is 2.96 bits per heavy atom. The Bertz CT molecular complexity index is 1030. The fraction of sp³-hybridized carbons (Fsp3) is 0.235. The van der Waals surface area contributed by atoms with Crippen LogP contribution in [0.25, 0.3) is 21.9 Å². The number of carboxylic acids is 1. The molecule has 0 bridgehead atoms. The van der Waals surface area contributed by atoms with Crippen LogP contribution in [0.15, 0.2) is 39.7 Å². The number of para-hydroxylation sites is 1. The number of hydrogen-bond acceptors (Lipinski definition) is 5. The van der Waals surface area contributed by atoms with E-state index >= 15 is 0 Å². The maximum atomic E-state index is 12.6. The van der Waals surface area contributed by atoms with Gasteiger partial charge in [0, 0.05) is 25.4 Å². The van der Waals surface area contributed by atoms with Crippen LogP contribution in [0.2, 0.25) is 5.02 Å². The van der Waals surface area contributed by atoms with Crippen LogP contribution in [0.5, 0.6) is 0 Å². The Hall–Kier alpha value is -2.60. The topological polar surface area (TPSA) is 83.6 Å². The zero-order valence-corrected chi connectivity index (χ0v) is 13.3. The van der Waals surface area contributed by atoms with Crippen molar-refractivity contribution in [3.8, 4) is 0 Å². The number of halogens is 1. The predicted molar refractivity (Wildman–Crippen MR) is 90.8 cm³/mol. The Balaban J connectivity index is 1.84. The van der Waals surface area contributed by atoms with Crippen molar-refractivity contribution in [2.24, 2.45) is 5.92 Å². The summed E-state index contributed by atoms with van der Waals surface area (Å²) in [5.41, 5.74) is 0.556. The molecule has 1 N–H and O–H groups in total. The van der Waals surface area contributed by atoms with Crippen molar-refractivity contribution in [2.75, 3.05) is 18.0 Å². The minimum Gasteiger partial charge on any atom is -0.481 e. The van der Waals surface area contributed by atoms with Crippen LogP contribution < -0.4 is 10.3 Å². The molecule has 0 aliphatic carbocycles. The lowest BCUT2D eigenvalue weighted by Gasteiger charge is -2.16. The lowest BCUT2D eigenvalue weighted by molar-refractivity contribution is -0.140. The molecule has 0 radical (unpaired) electrons. The van der Waals surface area contributed by atoms with Gasteiger partial charge in [-0.25, -0.2) is 4.98 Å². The molecule has 1 atom stereocenters. The number of aliphatic carboxylic acids is 1. The average molecular weight is 345 g/mol. The molecule has 4 rings (SSSR count). The monoisotopic (exact) mass is 344 g/mol. The molecule has 7 heteroatoms. The van der Waals surface area contributed by atoms with E-state index in [1.165, 1.54) is 6.20 Å². The quantitative estimate of drug-likeness (QED) is 0.720. The first-order valence-corrected chi connectivity index (χ1v) is 7.91. The Morgan fingerprint density at radius 1 is 1.38 bits per heavy atom. The van der Waals surface area contributed by atoms with Crippen LogP contribution in [-0.4, -0.2) is 29.1 Å². The standard InChI is InChI=1S/C17H13ClN2O4/c18-12-3-1-2-10-15(21)11-7-19-14(6-13(11)24-16(10)12)20-5-4-9(8-20)17(22)23/h1-3,6-7,9H,4-5,8H2,(H,22,23). The van der Waals surface area contributed by atoms with Crippen molar-refractivity contribution < 1.29 is 14.3 Å². The fourth-order valence-electron chi connectivity index (χ4n) is 3.07. The number of anilines is 1. The zero-order chi connectivity index (χ0) is 16.8. The molecule has 1 aliphatic heterocycles. The Labute approximate surface area is 141 Å². The number of benzene rings is 1. The molecule has 1 aliphatic rings. The first-order valence-electron chi connectivity index (χ1n) is 7.53. The summed E-state index contributed by atoms with van der Waals surface area (Å²) in [4.78, 5) is 29.9. The number of pyridine rings is 1. The van der Waals surface area contributed by atoms with Crippen molar-refractivity contribution in [1.82, 2.24) is 4.98 Å². The minimum absolute atomic E-state index is 0.183. The van der Waals surface area contributed by atoms with E-state index in [1.54, 1.807) is 24.3 Å². The number of nitrogens with zero attached hydrogens (tertiary/aromatic N) is 2. The fourth-order valence-corrected chi connectivity index (χ4v) is 3.28. The maximum Gasteiger partial charge on any atom is 0.308 e. The average Bonchev–Trinajstić information content (AvgIpc) is 3.06. The van der Waals surface area contributed by atoms with Gasteiger partial charge in [0.05, 0.1) is 21.7 Å². The zero-order valence-electron chi connectivity index (χ0n) is 12.5. The molecule has 0 saturated carbocycles. The third kappa shape index (κ3) is 2.30. The van der Waals surface area contributed by atoms with Gasteiger partial charge in [-0.2, -0.15) is 0 Å². The molecule has 6 nitrogen and oxygen atoms in total. The summed E-state index contributed by atoms with van der Waals surface area (Å²) in [5, 5.41) is 10.3. The smallest absolute Gasteiger partial charge is 0.308 e. The van der Waals surface area contributed by atoms with E-state index in [0.717, 1.165) is 0 Å². The highest BCUT2D eigenvalue weighted by Crippen LogP contribution is 2.28. The van der Waals surface area contributed by atoms with E-state index in [1.807, 2.05) is 4.90 Å². The second-order valence-electron chi connectivity index (χ2n) is 5.86. The number of hydrogen-bond donors (Lipinski definition) is 1. The van der Waals surface area contributed by atoms with Crippen molar-refractivity contribution >= 4 is 45.3 Å². The van der Waals surface area contributed by atoms with E-state index in [4.69, 9.17) is 21.1 Å². The van der Waals surface area contributed by atoms with Gasteiger partial charge in [-0.1, -0.05) is 17.7 Å². The van der Waals surface area contributed by atoms with E-state index < -0.39 is 11.9 Å². The van der Waals surface area contributed by atoms with Crippen LogP contribution >= 0.6 is 11.6 Å². The van der Waals surface area contributed by atoms with Gasteiger partial charge in [0.1, 0.15) is 11.4 Å². The van der Waals surface area contributed by atoms with E-state index in [-0.39, 0.29) is 5.43 Å². The molecular weight excluding hydrogens is 332 g/mol. The van der Waals surface area contributed by atoms with Gasteiger partial charge in [-0.05, 0) is 18.6 Å². The van der Waals surface area contributed by atoms with Crippen molar-refractivity contribution in [2.45, 2.75) is 6.42 Å². The molecule has 3 aromatic rings. The van der Waals surface area contributed by atoms with Gasteiger partial charge < -0.3 is 14.4 Å². The lowest BCUT2D eigenvalue weighted by Crippen LogP contribution is -2.23. The highest BCUT2D eigenvalue weighted by molar-refractivity contribution is 6.34. The molecular formula is C17H13ClN2O4. The van der Waals surface area contributed by atoms with Crippen LogP contribution in [0, 0.1) is 5.92 Å². The van der Waals surface area contributed by atoms with Gasteiger partial charge in [-0.15, -0.1) is 0 Å². The summed E-state index contributed by atoms with van der Waals surface area (Å²) in [5.74, 6) is -0.607. The lowest BCUT2D eigenvalue weighted by atomic mass is 10.1. The highest BCUT2D eigenvalue weighted by atomic mass is 35.5. The minimum atomic E-state index is -0.803. The number of rotatable bonds is 2. The number of carboxylic acid groups (broad SMARTS) is 1. The van der Waals surface area contributed by atoms with Gasteiger partial charge in [0.2, 0.25) is 5.43 Å². The molecule has 1 aromatic carbocycles. The summed E-state index contributed by atoms with van der Waals surface area (Å²) < 4.78 is 5.82. The van der Waals surface area contributed by atoms with Crippen molar-refractivity contribution in [3.05, 3.63) is 45.7 Å². The third-order valence-corrected chi connectivity index (χ3v) is 4.68. The first kappa shape index (κ1) is 15.0. The molecule has 0 spiro atoms. The van der Waals surface area contributed by atoms with Crippen molar-refractivity contribution in [1.29, 1.82) is 0 Å². The molecule has 1 saturated heterocycles. The van der Waals surface area contributed by atoms with Crippen LogP contribution in [0.1, 0.15) is 6.42 Å². The normalized spacial score (nSPS) is 17.7. The summed E-state index contributed by atoms with van der Waals surface area (Å²) in [7, 11) is 0. The summed E-state index contributed by atoms with van der Waals surface area (Å²) >= 11 is 6.13. The molecule has 3 heterocycles. The van der Waals surface area contributed by atoms with Crippen molar-refractivity contribution in [3.63, 3.8) is 0 Å². The SMILES string of the molecule is O=C(O)C1CCN(c2cc3oc4c(Cl)cccc4c(=O)c3cn2)C1. The highest BCUT2D eigenvalue weighted by Gasteiger charge is 2.29. The second-order valence-corrected chi connectivity index (χ2v) is 6.26. The van der Waals surface area contributed by atoms with Crippen LogP contribution in [0.3, 0.4) is 0 Å². The number of aromatic nitrogens is 1. The van der Waals surface area contributed by atoms with E-state index in [0.29, 0.717) is 52.3 Å². The summed E-state index contributed by atoms with van der Waals surface area (Å²) in [6.07, 6.45) is 2.05. The second kappa shape index (κ2) is 5.49. The van der Waals surface area contributed by atoms with Crippen LogP contribution in [0.4, 0.5) is 5.82 Å². The van der Waals surface area contributed by atoms with E-state index in [9.17, 15) is 9.59 Å². The van der Waals surface area contributed by atoms with Gasteiger partial charge >= 0.3 is 5.97 Å². The third-order valence-electron chi connectivity index (χ3n) is 4.38. The maximum absolute atomic E-state index is 12.6. The largest absolute Gasteiger partial charge is 0.481 e. The Kier molecular flexibility index (Phi) is 3.42. The molecule has 1 fully saturated rings. The molecule has 0 amide bonds. The van der Waals surface area contributed by atoms with Gasteiger partial charge in [0.15, 0.2) is 5.58 Å².